The Bertz CT molecular complexity index is 617. The molecule has 23 heavy (non-hydrogen) atoms. The van der Waals surface area contributed by atoms with Crippen molar-refractivity contribution in [1.29, 1.82) is 0 Å². The SMILES string of the molecule is Cc1csc(C(C)(C)NC(=O)CC(N)c2ccccc2)n1.Cl.Cl. The molecule has 1 aromatic heterocycles. The molecule has 0 spiro atoms. The van der Waals surface area contributed by atoms with Gasteiger partial charge in [-0.15, -0.1) is 36.2 Å². The molecule has 0 saturated carbocycles. The third-order valence-corrected chi connectivity index (χ3v) is 4.52. The van der Waals surface area contributed by atoms with Crippen LogP contribution in [0.5, 0.6) is 0 Å². The van der Waals surface area contributed by atoms with Crippen molar-refractivity contribution in [3.05, 3.63) is 52.0 Å². The lowest BCUT2D eigenvalue weighted by Gasteiger charge is -2.24. The third kappa shape index (κ3) is 6.11. The molecule has 2 aromatic rings. The van der Waals surface area contributed by atoms with E-state index < -0.39 is 5.54 Å². The average Bonchev–Trinajstić information content (AvgIpc) is 2.86. The number of aromatic nitrogens is 1. The van der Waals surface area contributed by atoms with Crippen LogP contribution in [0.15, 0.2) is 35.7 Å². The molecule has 1 heterocycles. The Morgan fingerprint density at radius 3 is 2.43 bits per heavy atom. The van der Waals surface area contributed by atoms with Crippen LogP contribution < -0.4 is 11.1 Å². The van der Waals surface area contributed by atoms with Gasteiger partial charge in [-0.05, 0) is 26.3 Å². The van der Waals surface area contributed by atoms with E-state index in [0.717, 1.165) is 16.3 Å². The number of benzene rings is 1. The fraction of sp³-hybridized carbons (Fsp3) is 0.375. The Morgan fingerprint density at radius 1 is 1.30 bits per heavy atom. The van der Waals surface area contributed by atoms with Crippen LogP contribution in [0, 0.1) is 6.92 Å². The summed E-state index contributed by atoms with van der Waals surface area (Å²) in [5.41, 5.74) is 7.54. The molecule has 1 amide bonds. The zero-order valence-corrected chi connectivity index (χ0v) is 15.9. The van der Waals surface area contributed by atoms with Crippen LogP contribution in [0.4, 0.5) is 0 Å². The van der Waals surface area contributed by atoms with Gasteiger partial charge in [0.05, 0.1) is 5.54 Å². The lowest BCUT2D eigenvalue weighted by atomic mass is 10.0. The van der Waals surface area contributed by atoms with Crippen molar-refractivity contribution in [2.24, 2.45) is 5.73 Å². The number of nitrogens with one attached hydrogen (secondary N) is 1. The Balaban J connectivity index is 0.00000242. The molecule has 0 saturated heterocycles. The predicted octanol–water partition coefficient (Wildman–Crippen LogP) is 3.74. The number of thiazole rings is 1. The smallest absolute Gasteiger partial charge is 0.222 e. The molecule has 4 nitrogen and oxygen atoms in total. The number of rotatable bonds is 5. The van der Waals surface area contributed by atoms with E-state index >= 15 is 0 Å². The van der Waals surface area contributed by atoms with Gasteiger partial charge in [-0.3, -0.25) is 4.79 Å². The summed E-state index contributed by atoms with van der Waals surface area (Å²) in [4.78, 5) is 16.7. The molecule has 7 heteroatoms. The predicted molar refractivity (Wildman–Crippen MR) is 101 cm³/mol. The van der Waals surface area contributed by atoms with Crippen LogP contribution in [0.3, 0.4) is 0 Å². The lowest BCUT2D eigenvalue weighted by molar-refractivity contribution is -0.123. The summed E-state index contributed by atoms with van der Waals surface area (Å²) in [6.45, 7) is 5.86. The first-order valence-electron chi connectivity index (χ1n) is 6.92. The number of amides is 1. The van der Waals surface area contributed by atoms with Gasteiger partial charge in [-0.2, -0.15) is 0 Å². The molecule has 0 radical (unpaired) electrons. The van der Waals surface area contributed by atoms with Crippen LogP contribution in [0.2, 0.25) is 0 Å². The highest BCUT2D eigenvalue weighted by atomic mass is 35.5. The molecule has 0 fully saturated rings. The quantitative estimate of drug-likeness (QED) is 0.835. The fourth-order valence-electron chi connectivity index (χ4n) is 2.11. The van der Waals surface area contributed by atoms with E-state index in [1.54, 1.807) is 11.3 Å². The first-order chi connectivity index (χ1) is 9.88. The van der Waals surface area contributed by atoms with Crippen LogP contribution in [-0.2, 0) is 10.3 Å². The van der Waals surface area contributed by atoms with E-state index in [4.69, 9.17) is 5.73 Å². The largest absolute Gasteiger partial charge is 0.345 e. The number of hydrogen-bond acceptors (Lipinski definition) is 4. The minimum Gasteiger partial charge on any atom is -0.345 e. The van der Waals surface area contributed by atoms with Gasteiger partial charge < -0.3 is 11.1 Å². The Hall–Kier alpha value is -1.14. The monoisotopic (exact) mass is 375 g/mol. The van der Waals surface area contributed by atoms with Crippen LogP contribution in [0.1, 0.15) is 42.6 Å². The van der Waals surface area contributed by atoms with Gasteiger partial charge in [0.1, 0.15) is 5.01 Å². The van der Waals surface area contributed by atoms with Crippen molar-refractivity contribution in [3.63, 3.8) is 0 Å². The zero-order valence-electron chi connectivity index (χ0n) is 13.4. The summed E-state index contributed by atoms with van der Waals surface area (Å²) >= 11 is 1.56. The molecule has 1 unspecified atom stereocenters. The molecule has 2 rings (SSSR count). The number of carbonyl (C=O) groups excluding carboxylic acids is 1. The molecule has 3 N–H and O–H groups in total. The van der Waals surface area contributed by atoms with E-state index in [9.17, 15) is 4.79 Å². The molecular weight excluding hydrogens is 353 g/mol. The molecule has 0 bridgehead atoms. The first-order valence-corrected chi connectivity index (χ1v) is 7.80. The van der Waals surface area contributed by atoms with Gasteiger partial charge in [-0.1, -0.05) is 30.3 Å². The summed E-state index contributed by atoms with van der Waals surface area (Å²) < 4.78 is 0. The summed E-state index contributed by atoms with van der Waals surface area (Å²) in [5.74, 6) is -0.0655. The van der Waals surface area contributed by atoms with Crippen LogP contribution >= 0.6 is 36.2 Å². The average molecular weight is 376 g/mol. The van der Waals surface area contributed by atoms with E-state index in [-0.39, 0.29) is 43.2 Å². The second-order valence-corrected chi connectivity index (χ2v) is 6.55. The van der Waals surface area contributed by atoms with Crippen molar-refractivity contribution >= 4 is 42.1 Å². The summed E-state index contributed by atoms with van der Waals surface area (Å²) in [7, 11) is 0. The van der Waals surface area contributed by atoms with Crippen molar-refractivity contribution in [2.75, 3.05) is 0 Å². The minimum absolute atomic E-state index is 0. The maximum Gasteiger partial charge on any atom is 0.222 e. The fourth-order valence-corrected chi connectivity index (χ4v) is 2.99. The number of nitrogens with two attached hydrogens (primary N) is 1. The Morgan fingerprint density at radius 2 is 1.91 bits per heavy atom. The molecular formula is C16H23Cl2N3OS. The molecule has 1 atom stereocenters. The first kappa shape index (κ1) is 21.9. The standard InChI is InChI=1S/C16H21N3OS.2ClH/c1-11-10-21-15(18-11)16(2,3)19-14(20)9-13(17)12-7-5-4-6-8-12;;/h4-8,10,13H,9,17H2,1-3H3,(H,19,20);2*1H. The van der Waals surface area contributed by atoms with E-state index in [1.165, 1.54) is 0 Å². The maximum absolute atomic E-state index is 12.2. The highest BCUT2D eigenvalue weighted by Gasteiger charge is 2.26. The Labute approximate surface area is 153 Å². The van der Waals surface area contributed by atoms with Crippen LogP contribution in [-0.4, -0.2) is 10.9 Å². The molecule has 0 aliphatic carbocycles. The van der Waals surface area contributed by atoms with Gasteiger partial charge in [-0.25, -0.2) is 4.98 Å². The number of carbonyl (C=O) groups is 1. The number of aryl methyl sites for hydroxylation is 1. The van der Waals surface area contributed by atoms with Gasteiger partial charge in [0.2, 0.25) is 5.91 Å². The maximum atomic E-state index is 12.2. The number of halogens is 2. The molecule has 1 aromatic carbocycles. The van der Waals surface area contributed by atoms with Crippen molar-refractivity contribution in [1.82, 2.24) is 10.3 Å². The van der Waals surface area contributed by atoms with Crippen LogP contribution in [0.25, 0.3) is 0 Å². The van der Waals surface area contributed by atoms with Gasteiger partial charge in [0.15, 0.2) is 0 Å². The normalized spacial score (nSPS) is 11.8. The molecule has 128 valence electrons. The van der Waals surface area contributed by atoms with E-state index in [1.807, 2.05) is 56.5 Å². The summed E-state index contributed by atoms with van der Waals surface area (Å²) in [5, 5.41) is 5.90. The summed E-state index contributed by atoms with van der Waals surface area (Å²) in [6, 6.07) is 9.37. The topological polar surface area (TPSA) is 68.0 Å². The molecule has 0 aliphatic rings. The second-order valence-electron chi connectivity index (χ2n) is 5.69. The second kappa shape index (κ2) is 9.23. The van der Waals surface area contributed by atoms with E-state index in [0.29, 0.717) is 0 Å². The Kier molecular flexibility index (Phi) is 8.77. The van der Waals surface area contributed by atoms with Gasteiger partial charge in [0, 0.05) is 23.5 Å². The summed E-state index contributed by atoms with van der Waals surface area (Å²) in [6.07, 6.45) is 0.262. The minimum atomic E-state index is -0.480. The van der Waals surface area contributed by atoms with Crippen molar-refractivity contribution in [2.45, 2.75) is 38.8 Å². The highest BCUT2D eigenvalue weighted by Crippen LogP contribution is 2.24. The molecule has 0 aliphatic heterocycles. The zero-order chi connectivity index (χ0) is 15.5. The number of nitrogens with zero attached hydrogens (tertiary/aromatic N) is 1. The van der Waals surface area contributed by atoms with Crippen molar-refractivity contribution in [3.8, 4) is 0 Å². The van der Waals surface area contributed by atoms with Gasteiger partial charge >= 0.3 is 0 Å². The third-order valence-electron chi connectivity index (χ3n) is 3.24. The number of hydrogen-bond donors (Lipinski definition) is 2. The van der Waals surface area contributed by atoms with E-state index in [2.05, 4.69) is 10.3 Å². The van der Waals surface area contributed by atoms with Gasteiger partial charge in [0.25, 0.3) is 0 Å². The lowest BCUT2D eigenvalue weighted by Crippen LogP contribution is -2.42. The highest BCUT2D eigenvalue weighted by molar-refractivity contribution is 7.09. The van der Waals surface area contributed by atoms with Crippen molar-refractivity contribution < 1.29 is 4.79 Å².